The predicted molar refractivity (Wildman–Crippen MR) is 95.3 cm³/mol. The lowest BCUT2D eigenvalue weighted by Crippen LogP contribution is -2.19. The first-order chi connectivity index (χ1) is 11.2. The van der Waals surface area contributed by atoms with Crippen molar-refractivity contribution in [3.63, 3.8) is 0 Å². The van der Waals surface area contributed by atoms with Crippen LogP contribution in [0.15, 0.2) is 58.4 Å². The number of hydrogen-bond donors (Lipinski definition) is 1. The van der Waals surface area contributed by atoms with E-state index < -0.39 is 0 Å². The third-order valence-corrected chi connectivity index (χ3v) is 4.37. The number of carbonyl (C=O) groups excluding carboxylic acids is 1. The number of aliphatic imine (C=N–C) groups is 1. The fourth-order valence-electron chi connectivity index (χ4n) is 1.98. The average Bonchev–Trinajstić information content (AvgIpc) is 2.90. The monoisotopic (exact) mass is 344 g/mol. The summed E-state index contributed by atoms with van der Waals surface area (Å²) in [6, 6.07) is 14.7. The van der Waals surface area contributed by atoms with Crippen molar-refractivity contribution < 1.29 is 9.53 Å². The van der Waals surface area contributed by atoms with Crippen molar-refractivity contribution in [2.45, 2.75) is 0 Å². The van der Waals surface area contributed by atoms with Gasteiger partial charge in [0.1, 0.15) is 5.75 Å². The molecule has 0 aliphatic carbocycles. The molecule has 0 bridgehead atoms. The van der Waals surface area contributed by atoms with Crippen molar-refractivity contribution in [2.75, 3.05) is 7.11 Å². The molecule has 2 aromatic carbocycles. The lowest BCUT2D eigenvalue weighted by molar-refractivity contribution is -0.115. The molecule has 1 N–H and O–H groups in total. The zero-order valence-corrected chi connectivity index (χ0v) is 13.8. The minimum atomic E-state index is -0.170. The Hall–Kier alpha value is -2.24. The van der Waals surface area contributed by atoms with Crippen LogP contribution in [0, 0.1) is 0 Å². The second-order valence-corrected chi connectivity index (χ2v) is 6.14. The molecule has 23 heavy (non-hydrogen) atoms. The molecule has 0 aromatic heterocycles. The molecule has 1 amide bonds. The number of hydrogen-bond acceptors (Lipinski definition) is 4. The summed E-state index contributed by atoms with van der Waals surface area (Å²) < 4.78 is 5.12. The van der Waals surface area contributed by atoms with E-state index in [1.54, 1.807) is 19.2 Å². The second kappa shape index (κ2) is 6.89. The van der Waals surface area contributed by atoms with E-state index in [9.17, 15) is 4.79 Å². The third-order valence-electron chi connectivity index (χ3n) is 3.14. The molecule has 0 unspecified atom stereocenters. The van der Waals surface area contributed by atoms with Crippen molar-refractivity contribution in [2.24, 2.45) is 4.99 Å². The summed E-state index contributed by atoms with van der Waals surface area (Å²) in [5.41, 5.74) is 1.55. The van der Waals surface area contributed by atoms with E-state index >= 15 is 0 Å². The highest BCUT2D eigenvalue weighted by molar-refractivity contribution is 8.18. The van der Waals surface area contributed by atoms with E-state index in [4.69, 9.17) is 16.3 Å². The number of para-hydroxylation sites is 1. The SMILES string of the molecule is COc1ccc(/C=C2/SC(=Nc3ccccc3Cl)NC2=O)cc1. The molecular formula is C17H13ClN2O2S. The highest BCUT2D eigenvalue weighted by Crippen LogP contribution is 2.30. The number of benzene rings is 2. The Bertz CT molecular complexity index is 800. The Kier molecular flexibility index (Phi) is 4.69. The topological polar surface area (TPSA) is 50.7 Å². The number of nitrogens with zero attached hydrogens (tertiary/aromatic N) is 1. The third kappa shape index (κ3) is 3.75. The number of rotatable bonds is 3. The fourth-order valence-corrected chi connectivity index (χ4v) is 3.00. The van der Waals surface area contributed by atoms with Crippen LogP contribution in [0.1, 0.15) is 5.56 Å². The quantitative estimate of drug-likeness (QED) is 0.847. The van der Waals surface area contributed by atoms with E-state index in [1.807, 2.05) is 42.5 Å². The van der Waals surface area contributed by atoms with Crippen molar-refractivity contribution >= 4 is 46.2 Å². The Balaban J connectivity index is 1.82. The van der Waals surface area contributed by atoms with Crippen LogP contribution in [-0.2, 0) is 4.79 Å². The van der Waals surface area contributed by atoms with Gasteiger partial charge in [-0.15, -0.1) is 0 Å². The van der Waals surface area contributed by atoms with Gasteiger partial charge in [-0.1, -0.05) is 35.9 Å². The van der Waals surface area contributed by atoms with Crippen molar-refractivity contribution in [3.05, 3.63) is 64.0 Å². The molecule has 1 aliphatic rings. The molecule has 0 saturated carbocycles. The van der Waals surface area contributed by atoms with Crippen molar-refractivity contribution in [1.82, 2.24) is 5.32 Å². The number of thioether (sulfide) groups is 1. The van der Waals surface area contributed by atoms with Gasteiger partial charge in [0.25, 0.3) is 5.91 Å². The lowest BCUT2D eigenvalue weighted by Gasteiger charge is -1.99. The largest absolute Gasteiger partial charge is 0.497 e. The number of carbonyl (C=O) groups is 1. The predicted octanol–water partition coefficient (Wildman–Crippen LogP) is 4.24. The van der Waals surface area contributed by atoms with Gasteiger partial charge in [-0.05, 0) is 47.7 Å². The molecule has 4 nitrogen and oxygen atoms in total. The maximum Gasteiger partial charge on any atom is 0.264 e. The zero-order valence-electron chi connectivity index (χ0n) is 12.2. The van der Waals surface area contributed by atoms with Crippen LogP contribution < -0.4 is 10.1 Å². The number of ether oxygens (including phenoxy) is 1. The standard InChI is InChI=1S/C17H13ClN2O2S/c1-22-12-8-6-11(7-9-12)10-15-16(21)20-17(23-15)19-14-5-3-2-4-13(14)18/h2-10H,1H3,(H,19,20,21)/b15-10+. The molecule has 0 atom stereocenters. The van der Waals surface area contributed by atoms with Crippen LogP contribution in [-0.4, -0.2) is 18.2 Å². The summed E-state index contributed by atoms with van der Waals surface area (Å²) >= 11 is 7.37. The molecular weight excluding hydrogens is 332 g/mol. The van der Waals surface area contributed by atoms with E-state index in [-0.39, 0.29) is 5.91 Å². The van der Waals surface area contributed by atoms with Gasteiger partial charge in [0.2, 0.25) is 0 Å². The molecule has 1 saturated heterocycles. The number of methoxy groups -OCH3 is 1. The summed E-state index contributed by atoms with van der Waals surface area (Å²) in [4.78, 5) is 17.0. The van der Waals surface area contributed by atoms with Gasteiger partial charge in [0.05, 0.1) is 22.7 Å². The zero-order chi connectivity index (χ0) is 16.2. The Labute approximate surface area is 143 Å². The summed E-state index contributed by atoms with van der Waals surface area (Å²) in [5, 5.41) is 3.81. The Morgan fingerprint density at radius 2 is 1.91 bits per heavy atom. The first-order valence-electron chi connectivity index (χ1n) is 6.84. The van der Waals surface area contributed by atoms with Gasteiger partial charge in [0, 0.05) is 0 Å². The summed E-state index contributed by atoms with van der Waals surface area (Å²) in [5.74, 6) is 0.605. The van der Waals surface area contributed by atoms with Crippen LogP contribution in [0.3, 0.4) is 0 Å². The lowest BCUT2D eigenvalue weighted by atomic mass is 10.2. The number of nitrogens with one attached hydrogen (secondary N) is 1. The molecule has 3 rings (SSSR count). The highest BCUT2D eigenvalue weighted by Gasteiger charge is 2.23. The summed E-state index contributed by atoms with van der Waals surface area (Å²) in [6.45, 7) is 0. The maximum atomic E-state index is 12.0. The fraction of sp³-hybridized carbons (Fsp3) is 0.0588. The number of amides is 1. The second-order valence-electron chi connectivity index (χ2n) is 4.71. The van der Waals surface area contributed by atoms with Gasteiger partial charge in [0.15, 0.2) is 5.17 Å². The van der Waals surface area contributed by atoms with Crippen molar-refractivity contribution in [3.8, 4) is 5.75 Å². The molecule has 1 fully saturated rings. The summed E-state index contributed by atoms with van der Waals surface area (Å²) in [6.07, 6.45) is 1.81. The van der Waals surface area contributed by atoms with Crippen molar-refractivity contribution in [1.29, 1.82) is 0 Å². The van der Waals surface area contributed by atoms with Crippen LogP contribution >= 0.6 is 23.4 Å². The van der Waals surface area contributed by atoms with Crippen LogP contribution in [0.25, 0.3) is 6.08 Å². The normalized spacial score (nSPS) is 17.6. The maximum absolute atomic E-state index is 12.0. The van der Waals surface area contributed by atoms with Gasteiger partial charge in [-0.2, -0.15) is 0 Å². The number of halogens is 1. The first-order valence-corrected chi connectivity index (χ1v) is 8.03. The van der Waals surface area contributed by atoms with Gasteiger partial charge in [-0.25, -0.2) is 4.99 Å². The number of amidine groups is 1. The minimum absolute atomic E-state index is 0.170. The molecule has 1 heterocycles. The van der Waals surface area contributed by atoms with Gasteiger partial charge >= 0.3 is 0 Å². The summed E-state index contributed by atoms with van der Waals surface area (Å²) in [7, 11) is 1.62. The van der Waals surface area contributed by atoms with Crippen LogP contribution in [0.4, 0.5) is 5.69 Å². The van der Waals surface area contributed by atoms with E-state index in [0.717, 1.165) is 11.3 Å². The molecule has 1 aliphatic heterocycles. The smallest absolute Gasteiger partial charge is 0.264 e. The van der Waals surface area contributed by atoms with Crippen LogP contribution in [0.5, 0.6) is 5.75 Å². The minimum Gasteiger partial charge on any atom is -0.497 e. The Morgan fingerprint density at radius 3 is 2.61 bits per heavy atom. The average molecular weight is 345 g/mol. The van der Waals surface area contributed by atoms with Crippen LogP contribution in [0.2, 0.25) is 5.02 Å². The molecule has 116 valence electrons. The highest BCUT2D eigenvalue weighted by atomic mass is 35.5. The molecule has 0 radical (unpaired) electrons. The first kappa shape index (κ1) is 15.6. The van der Waals surface area contributed by atoms with Gasteiger partial charge < -0.3 is 10.1 Å². The van der Waals surface area contributed by atoms with Gasteiger partial charge in [-0.3, -0.25) is 4.79 Å². The molecule has 6 heteroatoms. The molecule has 0 spiro atoms. The van der Waals surface area contributed by atoms with E-state index in [0.29, 0.717) is 20.8 Å². The van der Waals surface area contributed by atoms with E-state index in [2.05, 4.69) is 10.3 Å². The van der Waals surface area contributed by atoms with E-state index in [1.165, 1.54) is 11.8 Å². The molecule has 2 aromatic rings. The Morgan fingerprint density at radius 1 is 1.17 bits per heavy atom.